The topological polar surface area (TPSA) is 84.7 Å². The minimum absolute atomic E-state index is 0.225. The van der Waals surface area contributed by atoms with E-state index in [1.54, 1.807) is 24.3 Å². The van der Waals surface area contributed by atoms with E-state index >= 15 is 0 Å². The number of nitrogens with zero attached hydrogens (tertiary/aromatic N) is 3. The lowest BCUT2D eigenvalue weighted by Crippen LogP contribution is -2.37. The molecule has 7 nitrogen and oxygen atoms in total. The number of unbranched alkanes of at least 4 members (excludes halogenated alkanes) is 4. The summed E-state index contributed by atoms with van der Waals surface area (Å²) in [5.41, 5.74) is 0.185. The maximum atomic E-state index is 13.3. The number of carbonyl (C=O) groups is 1. The van der Waals surface area contributed by atoms with Crippen molar-refractivity contribution in [2.45, 2.75) is 50.6 Å². The van der Waals surface area contributed by atoms with Crippen LogP contribution in [0.4, 0.5) is 0 Å². The van der Waals surface area contributed by atoms with E-state index in [1.807, 2.05) is 6.07 Å². The molecule has 1 aliphatic rings. The van der Waals surface area contributed by atoms with Crippen LogP contribution >= 0.6 is 11.8 Å². The Morgan fingerprint density at radius 2 is 1.84 bits per heavy atom. The molecular formula is C24H33N3O4S. The summed E-state index contributed by atoms with van der Waals surface area (Å²) >= 11 is 1.32. The number of hydrogen-bond donors (Lipinski definition) is 1. The van der Waals surface area contributed by atoms with E-state index in [1.165, 1.54) is 11.8 Å². The Labute approximate surface area is 193 Å². The molecule has 8 heteroatoms. The van der Waals surface area contributed by atoms with E-state index < -0.39 is 11.5 Å². The number of morpholine rings is 1. The van der Waals surface area contributed by atoms with Gasteiger partial charge in [0.05, 0.1) is 18.8 Å². The predicted molar refractivity (Wildman–Crippen MR) is 127 cm³/mol. The molecule has 0 amide bonds. The molecule has 2 heterocycles. The Morgan fingerprint density at radius 3 is 2.56 bits per heavy atom. The Balaban J connectivity index is 1.81. The zero-order chi connectivity index (χ0) is 22.8. The van der Waals surface area contributed by atoms with Gasteiger partial charge < -0.3 is 9.84 Å². The van der Waals surface area contributed by atoms with Crippen molar-refractivity contribution in [1.29, 1.82) is 0 Å². The van der Waals surface area contributed by atoms with Crippen LogP contribution in [0, 0.1) is 0 Å². The minimum Gasteiger partial charge on any atom is -0.493 e. The second-order valence-electron chi connectivity index (χ2n) is 7.97. The lowest BCUT2D eigenvalue weighted by atomic mass is 10.1. The zero-order valence-electron chi connectivity index (χ0n) is 18.8. The predicted octanol–water partition coefficient (Wildman–Crippen LogP) is 3.57. The molecule has 1 aromatic heterocycles. The molecule has 0 spiro atoms. The fourth-order valence-corrected chi connectivity index (χ4v) is 4.70. The largest absolute Gasteiger partial charge is 0.493 e. The van der Waals surface area contributed by atoms with Crippen LogP contribution in [0.3, 0.4) is 0 Å². The van der Waals surface area contributed by atoms with E-state index in [2.05, 4.69) is 16.8 Å². The number of carbonyl (C=O) groups excluding carboxylic acids is 1. The number of ether oxygens (including phenoxy) is 1. The van der Waals surface area contributed by atoms with E-state index in [0.29, 0.717) is 31.0 Å². The Hall–Kier alpha value is -2.16. The van der Waals surface area contributed by atoms with Crippen LogP contribution in [-0.4, -0.2) is 64.1 Å². The molecule has 0 saturated carbocycles. The third-order valence-corrected chi connectivity index (χ3v) is 6.54. The molecule has 0 unspecified atom stereocenters. The lowest BCUT2D eigenvalue weighted by molar-refractivity contribution is 0.0410. The van der Waals surface area contributed by atoms with E-state index in [9.17, 15) is 14.7 Å². The van der Waals surface area contributed by atoms with Gasteiger partial charge in [0.1, 0.15) is 0 Å². The van der Waals surface area contributed by atoms with Gasteiger partial charge in [-0.05, 0) is 25.0 Å². The highest BCUT2D eigenvalue weighted by molar-refractivity contribution is 7.99. The number of hydrogen-bond acceptors (Lipinski definition) is 7. The summed E-state index contributed by atoms with van der Waals surface area (Å²) in [4.78, 5) is 33.1. The van der Waals surface area contributed by atoms with Gasteiger partial charge in [0.2, 0.25) is 5.88 Å². The van der Waals surface area contributed by atoms with Crippen LogP contribution in [0.15, 0.2) is 40.3 Å². The Kier molecular flexibility index (Phi) is 9.77. The lowest BCUT2D eigenvalue weighted by Gasteiger charge is -2.26. The molecule has 0 radical (unpaired) electrons. The summed E-state index contributed by atoms with van der Waals surface area (Å²) < 4.78 is 6.52. The SMILES string of the molecule is CCCCCCCc1c(O)nc(SCCN2CCOCC2)n(C(=O)c2ccccc2)c1=O. The molecule has 1 aromatic carbocycles. The van der Waals surface area contributed by atoms with Crippen LogP contribution in [0.5, 0.6) is 5.88 Å². The van der Waals surface area contributed by atoms with Gasteiger partial charge in [-0.15, -0.1) is 0 Å². The van der Waals surface area contributed by atoms with Crippen molar-refractivity contribution in [2.24, 2.45) is 0 Å². The minimum atomic E-state index is -0.462. The van der Waals surface area contributed by atoms with Crippen molar-refractivity contribution in [3.63, 3.8) is 0 Å². The molecular weight excluding hydrogens is 426 g/mol. The van der Waals surface area contributed by atoms with E-state index in [0.717, 1.165) is 56.3 Å². The molecule has 0 atom stereocenters. The van der Waals surface area contributed by atoms with Crippen LogP contribution in [-0.2, 0) is 11.2 Å². The zero-order valence-corrected chi connectivity index (χ0v) is 19.6. The third-order valence-electron chi connectivity index (χ3n) is 5.62. The van der Waals surface area contributed by atoms with Crippen LogP contribution < -0.4 is 5.56 Å². The van der Waals surface area contributed by atoms with Crippen LogP contribution in [0.2, 0.25) is 0 Å². The first-order chi connectivity index (χ1) is 15.6. The molecule has 32 heavy (non-hydrogen) atoms. The van der Waals surface area contributed by atoms with Gasteiger partial charge in [-0.25, -0.2) is 4.57 Å². The number of rotatable bonds is 11. The first kappa shape index (κ1) is 24.5. The monoisotopic (exact) mass is 459 g/mol. The highest BCUT2D eigenvalue weighted by Gasteiger charge is 2.22. The fourth-order valence-electron chi connectivity index (χ4n) is 3.73. The van der Waals surface area contributed by atoms with Crippen molar-refractivity contribution in [3.05, 3.63) is 51.8 Å². The van der Waals surface area contributed by atoms with Gasteiger partial charge in [0.25, 0.3) is 11.5 Å². The number of thioether (sulfide) groups is 1. The summed E-state index contributed by atoms with van der Waals surface area (Å²) in [5.74, 6) is -0.00898. The van der Waals surface area contributed by atoms with Crippen LogP contribution in [0.1, 0.15) is 54.9 Å². The van der Waals surface area contributed by atoms with E-state index in [-0.39, 0.29) is 16.6 Å². The summed E-state index contributed by atoms with van der Waals surface area (Å²) in [7, 11) is 0. The molecule has 0 aliphatic carbocycles. The maximum absolute atomic E-state index is 13.3. The van der Waals surface area contributed by atoms with Crippen molar-refractivity contribution in [2.75, 3.05) is 38.6 Å². The van der Waals surface area contributed by atoms with Crippen molar-refractivity contribution < 1.29 is 14.6 Å². The average molecular weight is 460 g/mol. The molecule has 1 N–H and O–H groups in total. The molecule has 1 saturated heterocycles. The molecule has 3 rings (SSSR count). The van der Waals surface area contributed by atoms with Gasteiger partial charge >= 0.3 is 0 Å². The smallest absolute Gasteiger partial charge is 0.268 e. The fraction of sp³-hybridized carbons (Fsp3) is 0.542. The average Bonchev–Trinajstić information content (AvgIpc) is 2.81. The number of benzene rings is 1. The standard InChI is InChI=1S/C24H33N3O4S/c1-2-3-4-5-9-12-20-21(28)25-24(32-18-15-26-13-16-31-17-14-26)27(23(20)30)22(29)19-10-7-6-8-11-19/h6-8,10-11,28H,2-5,9,12-18H2,1H3. The molecule has 2 aromatic rings. The Morgan fingerprint density at radius 1 is 1.12 bits per heavy atom. The third kappa shape index (κ3) is 6.67. The van der Waals surface area contributed by atoms with Gasteiger partial charge in [-0.1, -0.05) is 62.6 Å². The van der Waals surface area contributed by atoms with Gasteiger partial charge in [0, 0.05) is 31.0 Å². The summed E-state index contributed by atoms with van der Waals surface area (Å²) in [6.07, 6.45) is 5.57. The second-order valence-corrected chi connectivity index (χ2v) is 9.04. The van der Waals surface area contributed by atoms with Gasteiger partial charge in [-0.3, -0.25) is 14.5 Å². The van der Waals surface area contributed by atoms with Gasteiger partial charge in [0.15, 0.2) is 5.16 Å². The highest BCUT2D eigenvalue weighted by atomic mass is 32.2. The summed E-state index contributed by atoms with van der Waals surface area (Å²) in [6, 6.07) is 8.74. The normalized spacial score (nSPS) is 14.5. The number of aromatic nitrogens is 2. The second kappa shape index (κ2) is 12.8. The highest BCUT2D eigenvalue weighted by Crippen LogP contribution is 2.22. The Bertz CT molecular complexity index is 927. The summed E-state index contributed by atoms with van der Waals surface area (Å²) in [6.45, 7) is 6.11. The van der Waals surface area contributed by atoms with E-state index in [4.69, 9.17) is 4.74 Å². The molecule has 174 valence electrons. The molecule has 1 aliphatic heterocycles. The van der Waals surface area contributed by atoms with Crippen molar-refractivity contribution in [3.8, 4) is 5.88 Å². The van der Waals surface area contributed by atoms with Crippen molar-refractivity contribution in [1.82, 2.24) is 14.5 Å². The first-order valence-corrected chi connectivity index (χ1v) is 12.5. The molecule has 1 fully saturated rings. The molecule has 0 bridgehead atoms. The first-order valence-electron chi connectivity index (χ1n) is 11.5. The van der Waals surface area contributed by atoms with Crippen molar-refractivity contribution >= 4 is 17.7 Å². The quantitative estimate of drug-likeness (QED) is 0.312. The van der Waals surface area contributed by atoms with Crippen LogP contribution in [0.25, 0.3) is 0 Å². The van der Waals surface area contributed by atoms with Gasteiger partial charge in [-0.2, -0.15) is 4.98 Å². The summed E-state index contributed by atoms with van der Waals surface area (Å²) in [5, 5.41) is 10.8. The maximum Gasteiger partial charge on any atom is 0.268 e. The number of aromatic hydroxyl groups is 1.